The number of piperazine rings is 1. The maximum Gasteiger partial charge on any atom is 0.261 e. The number of carbonyl (C=O) groups excluding carboxylic acids is 2. The van der Waals surface area contributed by atoms with Crippen LogP contribution in [0.5, 0.6) is 0 Å². The van der Waals surface area contributed by atoms with E-state index in [0.717, 1.165) is 42.6 Å². The third-order valence-electron chi connectivity index (χ3n) is 5.20. The van der Waals surface area contributed by atoms with Crippen LogP contribution < -0.4 is 10.2 Å². The topological polar surface area (TPSA) is 55.9 Å². The number of likely N-dealkylation sites (N-methyl/N-ethyl adjacent to an activating group) is 1. The fraction of sp³-hybridized carbons (Fsp3) is 0.400. The van der Waals surface area contributed by atoms with Gasteiger partial charge in [-0.2, -0.15) is 0 Å². The molecule has 0 radical (unpaired) electrons. The Morgan fingerprint density at radius 2 is 1.69 bits per heavy atom. The Bertz CT molecular complexity index is 849. The molecule has 2 amide bonds. The number of nitrogens with one attached hydrogen (secondary N) is 1. The van der Waals surface area contributed by atoms with Gasteiger partial charge in [-0.25, -0.2) is 0 Å². The largest absolute Gasteiger partial charge is 0.368 e. The predicted octanol–water partition coefficient (Wildman–Crippen LogP) is 1.41. The lowest BCUT2D eigenvalue weighted by molar-refractivity contribution is 0.0601. The van der Waals surface area contributed by atoms with Gasteiger partial charge in [0, 0.05) is 66.9 Å². The molecule has 26 heavy (non-hydrogen) atoms. The average Bonchev–Trinajstić information content (AvgIpc) is 2.66. The molecular formula is C20H24N4O2. The zero-order valence-corrected chi connectivity index (χ0v) is 15.3. The Morgan fingerprint density at radius 3 is 2.38 bits per heavy atom. The van der Waals surface area contributed by atoms with Gasteiger partial charge in [-0.1, -0.05) is 12.1 Å². The zero-order chi connectivity index (χ0) is 18.3. The van der Waals surface area contributed by atoms with Gasteiger partial charge in [-0.3, -0.25) is 14.5 Å². The number of amides is 2. The van der Waals surface area contributed by atoms with Crippen molar-refractivity contribution in [1.82, 2.24) is 15.1 Å². The number of rotatable bonds is 4. The number of benzene rings is 2. The minimum Gasteiger partial charge on any atom is -0.368 e. The van der Waals surface area contributed by atoms with Crippen LogP contribution in [0.15, 0.2) is 30.3 Å². The van der Waals surface area contributed by atoms with E-state index in [-0.39, 0.29) is 11.8 Å². The molecule has 0 unspecified atom stereocenters. The molecule has 6 heteroatoms. The Morgan fingerprint density at radius 1 is 1.00 bits per heavy atom. The van der Waals surface area contributed by atoms with Gasteiger partial charge in [-0.05, 0) is 32.3 Å². The van der Waals surface area contributed by atoms with Gasteiger partial charge in [0.25, 0.3) is 11.8 Å². The lowest BCUT2D eigenvalue weighted by Gasteiger charge is -2.33. The summed E-state index contributed by atoms with van der Waals surface area (Å²) in [7, 11) is 3.88. The van der Waals surface area contributed by atoms with Gasteiger partial charge in [0.2, 0.25) is 0 Å². The molecule has 0 spiro atoms. The smallest absolute Gasteiger partial charge is 0.261 e. The van der Waals surface area contributed by atoms with Gasteiger partial charge in [0.15, 0.2) is 0 Å². The van der Waals surface area contributed by atoms with Gasteiger partial charge in [0.05, 0.1) is 0 Å². The summed E-state index contributed by atoms with van der Waals surface area (Å²) in [5.74, 6) is -0.375. The maximum absolute atomic E-state index is 13.0. The summed E-state index contributed by atoms with van der Waals surface area (Å²) in [5, 5.41) is 5.16. The lowest BCUT2D eigenvalue weighted by atomic mass is 9.92. The highest BCUT2D eigenvalue weighted by Gasteiger charge is 2.33. The van der Waals surface area contributed by atoms with Crippen LogP contribution in [-0.2, 0) is 0 Å². The summed E-state index contributed by atoms with van der Waals surface area (Å²) in [6, 6.07) is 9.71. The van der Waals surface area contributed by atoms with Crippen LogP contribution in [0.4, 0.5) is 5.69 Å². The van der Waals surface area contributed by atoms with Crippen molar-refractivity contribution in [3.05, 3.63) is 41.5 Å². The Kier molecular flexibility index (Phi) is 4.38. The molecule has 2 aliphatic heterocycles. The van der Waals surface area contributed by atoms with Crippen molar-refractivity contribution in [2.24, 2.45) is 0 Å². The van der Waals surface area contributed by atoms with E-state index in [1.165, 1.54) is 4.90 Å². The van der Waals surface area contributed by atoms with E-state index in [4.69, 9.17) is 0 Å². The van der Waals surface area contributed by atoms with Crippen LogP contribution in [0, 0.1) is 0 Å². The minimum absolute atomic E-state index is 0.188. The molecule has 2 aliphatic rings. The summed E-state index contributed by atoms with van der Waals surface area (Å²) in [5.41, 5.74) is 2.37. The fourth-order valence-electron chi connectivity index (χ4n) is 3.82. The number of hydrogen-bond donors (Lipinski definition) is 1. The first-order valence-corrected chi connectivity index (χ1v) is 9.10. The van der Waals surface area contributed by atoms with Crippen molar-refractivity contribution in [2.75, 3.05) is 58.3 Å². The van der Waals surface area contributed by atoms with Gasteiger partial charge in [-0.15, -0.1) is 0 Å². The van der Waals surface area contributed by atoms with Crippen LogP contribution in [0.25, 0.3) is 10.8 Å². The highest BCUT2D eigenvalue weighted by Crippen LogP contribution is 2.36. The van der Waals surface area contributed by atoms with Crippen LogP contribution in [0.3, 0.4) is 0 Å². The van der Waals surface area contributed by atoms with Crippen molar-refractivity contribution in [2.45, 2.75) is 0 Å². The summed E-state index contributed by atoms with van der Waals surface area (Å²) in [6.07, 6.45) is 0. The Labute approximate surface area is 153 Å². The Hall–Kier alpha value is -2.44. The molecule has 0 atom stereocenters. The number of carbonyl (C=O) groups is 2. The van der Waals surface area contributed by atoms with Gasteiger partial charge >= 0.3 is 0 Å². The van der Waals surface area contributed by atoms with E-state index in [0.29, 0.717) is 24.2 Å². The van der Waals surface area contributed by atoms with Crippen LogP contribution in [-0.4, -0.2) is 75.0 Å². The molecule has 136 valence electrons. The first kappa shape index (κ1) is 17.0. The van der Waals surface area contributed by atoms with Crippen molar-refractivity contribution in [3.63, 3.8) is 0 Å². The zero-order valence-electron chi connectivity index (χ0n) is 15.3. The average molecular weight is 352 g/mol. The molecule has 1 N–H and O–H groups in total. The minimum atomic E-state index is -0.188. The second-order valence-corrected chi connectivity index (χ2v) is 7.16. The van der Waals surface area contributed by atoms with Crippen molar-refractivity contribution in [1.29, 1.82) is 0 Å². The number of anilines is 1. The number of imide groups is 1. The van der Waals surface area contributed by atoms with E-state index >= 15 is 0 Å². The van der Waals surface area contributed by atoms with E-state index in [9.17, 15) is 9.59 Å². The van der Waals surface area contributed by atoms with E-state index < -0.39 is 0 Å². The number of nitrogens with zero attached hydrogens (tertiary/aromatic N) is 3. The molecule has 2 heterocycles. The monoisotopic (exact) mass is 352 g/mol. The van der Waals surface area contributed by atoms with Crippen LogP contribution in [0.2, 0.25) is 0 Å². The summed E-state index contributed by atoms with van der Waals surface area (Å²) in [6.45, 7) is 4.80. The molecule has 2 aromatic rings. The molecule has 1 fully saturated rings. The highest BCUT2D eigenvalue weighted by atomic mass is 16.2. The lowest BCUT2D eigenvalue weighted by Crippen LogP contribution is -2.44. The van der Waals surface area contributed by atoms with E-state index in [2.05, 4.69) is 10.2 Å². The second-order valence-electron chi connectivity index (χ2n) is 7.16. The molecule has 0 aromatic heterocycles. The quantitative estimate of drug-likeness (QED) is 0.843. The van der Waals surface area contributed by atoms with Crippen LogP contribution >= 0.6 is 0 Å². The SMILES string of the molecule is CN(C)CCN1C(=O)c2cccc3c(N4CCNCC4)ccc(c23)C1=O. The molecular weight excluding hydrogens is 328 g/mol. The van der Waals surface area contributed by atoms with Crippen molar-refractivity contribution in [3.8, 4) is 0 Å². The Balaban J connectivity index is 1.81. The first-order chi connectivity index (χ1) is 12.6. The summed E-state index contributed by atoms with van der Waals surface area (Å²) in [4.78, 5) is 31.6. The highest BCUT2D eigenvalue weighted by molar-refractivity contribution is 6.26. The first-order valence-electron chi connectivity index (χ1n) is 9.10. The molecule has 2 aromatic carbocycles. The maximum atomic E-state index is 13.0. The normalized spacial score (nSPS) is 17.5. The third-order valence-corrected chi connectivity index (χ3v) is 5.20. The van der Waals surface area contributed by atoms with E-state index in [1.54, 1.807) is 0 Å². The second kappa shape index (κ2) is 6.70. The third kappa shape index (κ3) is 2.75. The molecule has 0 aliphatic carbocycles. The molecule has 4 rings (SSSR count). The van der Waals surface area contributed by atoms with Gasteiger partial charge in [0.1, 0.15) is 0 Å². The van der Waals surface area contributed by atoms with Gasteiger partial charge < -0.3 is 15.1 Å². The summed E-state index contributed by atoms with van der Waals surface area (Å²) < 4.78 is 0. The van der Waals surface area contributed by atoms with Crippen molar-refractivity contribution >= 4 is 28.3 Å². The van der Waals surface area contributed by atoms with Crippen LogP contribution in [0.1, 0.15) is 20.7 Å². The van der Waals surface area contributed by atoms with E-state index in [1.807, 2.05) is 49.3 Å². The standard InChI is InChI=1S/C20H24N4O2/c1-22(2)12-13-24-19(25)15-5-3-4-14-17(23-10-8-21-9-11-23)7-6-16(18(14)15)20(24)26/h3-7,21H,8-13H2,1-2H3. The molecule has 6 nitrogen and oxygen atoms in total. The van der Waals surface area contributed by atoms with Crippen molar-refractivity contribution < 1.29 is 9.59 Å². The summed E-state index contributed by atoms with van der Waals surface area (Å²) >= 11 is 0. The fourth-order valence-corrected chi connectivity index (χ4v) is 3.82. The predicted molar refractivity (Wildman–Crippen MR) is 103 cm³/mol. The molecule has 1 saturated heterocycles. The number of hydrogen-bond acceptors (Lipinski definition) is 5. The molecule has 0 bridgehead atoms. The molecule has 0 saturated carbocycles.